The summed E-state index contributed by atoms with van der Waals surface area (Å²) in [6.45, 7) is 0. The highest BCUT2D eigenvalue weighted by molar-refractivity contribution is 9.12. The van der Waals surface area contributed by atoms with Gasteiger partial charge in [-0.15, -0.1) is 0 Å². The summed E-state index contributed by atoms with van der Waals surface area (Å²) in [5.74, 6) is -2.09. The average Bonchev–Trinajstić information content (AvgIpc) is 3.34. The maximum atomic E-state index is 14.2. The molecule has 1 heterocycles. The number of carbonyl (C=O) groups is 4. The normalized spacial score (nSPS) is 23.8. The van der Waals surface area contributed by atoms with Crippen LogP contribution in [0.3, 0.4) is 0 Å². The zero-order chi connectivity index (χ0) is 33.0. The minimum atomic E-state index is -0.691. The zero-order valence-electron chi connectivity index (χ0n) is 25.6. The molecule has 47 heavy (non-hydrogen) atoms. The summed E-state index contributed by atoms with van der Waals surface area (Å²) in [7, 11) is 3.21. The largest absolute Gasteiger partial charge is 0.508 e. The van der Waals surface area contributed by atoms with Crippen LogP contribution in [-0.4, -0.2) is 42.7 Å². The SMILES string of the molecule is COc1ccc(OC)c(C=Cc2ccc(N3C(=O)[C@H]4[C@H](CC=C5[C@H](c6cccc(O)c6)C6=C(C[C@H]54)C(=O)C(Br)=CC6=O)C3=O)cc2)c1. The Morgan fingerprint density at radius 2 is 1.68 bits per heavy atom. The number of anilines is 1. The lowest BCUT2D eigenvalue weighted by Crippen LogP contribution is -2.39. The van der Waals surface area contributed by atoms with Gasteiger partial charge in [-0.05, 0) is 88.3 Å². The van der Waals surface area contributed by atoms with Gasteiger partial charge in [0.25, 0.3) is 0 Å². The number of amides is 2. The predicted octanol–water partition coefficient (Wildman–Crippen LogP) is 6.55. The molecule has 0 radical (unpaired) electrons. The molecule has 0 saturated carbocycles. The third kappa shape index (κ3) is 5.15. The molecule has 236 valence electrons. The van der Waals surface area contributed by atoms with Crippen LogP contribution < -0.4 is 14.4 Å². The van der Waals surface area contributed by atoms with Gasteiger partial charge in [0.15, 0.2) is 11.6 Å². The number of rotatable bonds is 6. The Labute approximate surface area is 279 Å². The van der Waals surface area contributed by atoms with Gasteiger partial charge in [0.1, 0.15) is 17.2 Å². The summed E-state index contributed by atoms with van der Waals surface area (Å²) in [5, 5.41) is 10.3. The Balaban J connectivity index is 1.20. The fourth-order valence-corrected chi connectivity index (χ4v) is 7.88. The number of Topliss-reactive ketones (excluding diaryl/α,β-unsaturated/α-hetero) is 1. The second kappa shape index (κ2) is 12.0. The van der Waals surface area contributed by atoms with Crippen molar-refractivity contribution in [3.63, 3.8) is 0 Å². The number of allylic oxidation sites excluding steroid dienone is 6. The quantitative estimate of drug-likeness (QED) is 0.135. The van der Waals surface area contributed by atoms with Gasteiger partial charge in [0.05, 0.1) is 36.2 Å². The highest BCUT2D eigenvalue weighted by Crippen LogP contribution is 2.55. The van der Waals surface area contributed by atoms with Crippen LogP contribution in [0.4, 0.5) is 5.69 Å². The van der Waals surface area contributed by atoms with Crippen molar-refractivity contribution in [2.45, 2.75) is 18.8 Å². The van der Waals surface area contributed by atoms with Gasteiger partial charge >= 0.3 is 0 Å². The number of aromatic hydroxyl groups is 1. The van der Waals surface area contributed by atoms with E-state index in [1.807, 2.05) is 54.6 Å². The first-order valence-electron chi connectivity index (χ1n) is 15.3. The summed E-state index contributed by atoms with van der Waals surface area (Å²) in [5.41, 5.74) is 4.38. The van der Waals surface area contributed by atoms with Crippen LogP contribution in [0.5, 0.6) is 17.2 Å². The minimum absolute atomic E-state index is 0.0339. The molecule has 0 bridgehead atoms. The minimum Gasteiger partial charge on any atom is -0.508 e. The highest BCUT2D eigenvalue weighted by Gasteiger charge is 2.56. The van der Waals surface area contributed by atoms with Crippen LogP contribution in [0.15, 0.2) is 100 Å². The molecule has 0 unspecified atom stereocenters. The lowest BCUT2D eigenvalue weighted by molar-refractivity contribution is -0.123. The number of ketones is 2. The fourth-order valence-electron chi connectivity index (χ4n) is 7.44. The molecule has 0 spiro atoms. The molecule has 3 aliphatic carbocycles. The zero-order valence-corrected chi connectivity index (χ0v) is 27.2. The number of fused-ring (bicyclic) bond motifs is 3. The monoisotopic (exact) mass is 691 g/mol. The third-order valence-corrected chi connectivity index (χ3v) is 10.2. The van der Waals surface area contributed by atoms with Gasteiger partial charge in [-0.2, -0.15) is 0 Å². The standard InChI is InChI=1S/C38H30BrNO7/c1-46-25-12-15-32(47-2)21(17-25)9-6-20-7-10-23(11-8-20)40-37(44)27-14-13-26-28(34(27)38(40)45)18-29-35(31(42)19-30(39)36(29)43)33(26)22-4-3-5-24(41)16-22/h3-13,15-17,19,27-28,33-34,41H,14,18H2,1-2H3/t27-,28+,33-,34-/m0/s1. The second-order valence-electron chi connectivity index (χ2n) is 12.0. The number of halogens is 1. The molecule has 1 saturated heterocycles. The van der Waals surface area contributed by atoms with E-state index in [4.69, 9.17) is 9.47 Å². The number of nitrogens with zero attached hydrogens (tertiary/aromatic N) is 1. The summed E-state index contributed by atoms with van der Waals surface area (Å²) in [4.78, 5) is 56.1. The lowest BCUT2D eigenvalue weighted by atomic mass is 9.59. The van der Waals surface area contributed by atoms with Crippen molar-refractivity contribution in [3.05, 3.63) is 117 Å². The number of phenolic OH excluding ortho intramolecular Hbond substituents is 1. The molecule has 3 aromatic rings. The van der Waals surface area contributed by atoms with E-state index in [2.05, 4.69) is 15.9 Å². The van der Waals surface area contributed by atoms with Crippen molar-refractivity contribution in [1.29, 1.82) is 0 Å². The summed E-state index contributed by atoms with van der Waals surface area (Å²) in [6.07, 6.45) is 7.58. The highest BCUT2D eigenvalue weighted by atomic mass is 79.9. The van der Waals surface area contributed by atoms with E-state index in [1.54, 1.807) is 44.6 Å². The molecule has 1 aliphatic heterocycles. The van der Waals surface area contributed by atoms with Crippen molar-refractivity contribution in [3.8, 4) is 17.2 Å². The van der Waals surface area contributed by atoms with Crippen molar-refractivity contribution in [2.24, 2.45) is 17.8 Å². The van der Waals surface area contributed by atoms with Gasteiger partial charge in [0.2, 0.25) is 11.8 Å². The molecule has 9 heteroatoms. The number of ether oxygens (including phenoxy) is 2. The van der Waals surface area contributed by atoms with Crippen LogP contribution in [-0.2, 0) is 19.2 Å². The van der Waals surface area contributed by atoms with Crippen LogP contribution >= 0.6 is 15.9 Å². The Kier molecular flexibility index (Phi) is 7.80. The Bertz CT molecular complexity index is 1990. The van der Waals surface area contributed by atoms with Gasteiger partial charge in [-0.1, -0.05) is 48.1 Å². The molecular weight excluding hydrogens is 662 g/mol. The first-order chi connectivity index (χ1) is 22.7. The fraction of sp³-hybridized carbons (Fsp3) is 0.211. The molecular formula is C38H30BrNO7. The number of methoxy groups -OCH3 is 2. The van der Waals surface area contributed by atoms with Gasteiger partial charge < -0.3 is 14.6 Å². The van der Waals surface area contributed by atoms with E-state index in [0.29, 0.717) is 40.3 Å². The van der Waals surface area contributed by atoms with Crippen LogP contribution in [0.1, 0.15) is 35.4 Å². The van der Waals surface area contributed by atoms with E-state index < -0.39 is 23.7 Å². The van der Waals surface area contributed by atoms with Crippen molar-refractivity contribution in [2.75, 3.05) is 19.1 Å². The topological polar surface area (TPSA) is 110 Å². The van der Waals surface area contributed by atoms with Crippen LogP contribution in [0.25, 0.3) is 12.2 Å². The summed E-state index contributed by atoms with van der Waals surface area (Å²) >= 11 is 3.25. The first-order valence-corrected chi connectivity index (χ1v) is 16.1. The van der Waals surface area contributed by atoms with Crippen LogP contribution in [0.2, 0.25) is 0 Å². The van der Waals surface area contributed by atoms with Gasteiger partial charge in [-0.25, -0.2) is 0 Å². The average molecular weight is 693 g/mol. The van der Waals surface area contributed by atoms with Crippen LogP contribution in [0, 0.1) is 17.8 Å². The van der Waals surface area contributed by atoms with E-state index >= 15 is 0 Å². The number of imide groups is 1. The van der Waals surface area contributed by atoms with Crippen molar-refractivity contribution >= 4 is 57.2 Å². The molecule has 4 aliphatic rings. The lowest BCUT2D eigenvalue weighted by Gasteiger charge is -2.42. The maximum absolute atomic E-state index is 14.2. The smallest absolute Gasteiger partial charge is 0.238 e. The Morgan fingerprint density at radius 1 is 0.894 bits per heavy atom. The Hall–Kier alpha value is -5.02. The number of hydrogen-bond donors (Lipinski definition) is 1. The third-order valence-electron chi connectivity index (χ3n) is 9.58. The second-order valence-corrected chi connectivity index (χ2v) is 12.9. The maximum Gasteiger partial charge on any atom is 0.238 e. The number of carbonyl (C=O) groups excluding carboxylic acids is 4. The number of hydrogen-bond acceptors (Lipinski definition) is 7. The molecule has 7 rings (SSSR count). The molecule has 1 fully saturated rings. The van der Waals surface area contributed by atoms with E-state index in [1.165, 1.54) is 11.0 Å². The van der Waals surface area contributed by atoms with E-state index in [0.717, 1.165) is 16.7 Å². The van der Waals surface area contributed by atoms with Gasteiger partial charge in [0, 0.05) is 28.7 Å². The predicted molar refractivity (Wildman–Crippen MR) is 180 cm³/mol. The molecule has 1 N–H and O–H groups in total. The van der Waals surface area contributed by atoms with Crippen molar-refractivity contribution in [1.82, 2.24) is 0 Å². The Morgan fingerprint density at radius 3 is 2.40 bits per heavy atom. The van der Waals surface area contributed by atoms with Crippen molar-refractivity contribution < 1.29 is 33.8 Å². The first kappa shape index (κ1) is 30.6. The molecule has 2 amide bonds. The number of benzene rings is 3. The van der Waals surface area contributed by atoms with E-state index in [9.17, 15) is 24.3 Å². The summed E-state index contributed by atoms with van der Waals surface area (Å²) in [6, 6.07) is 19.4. The molecule has 4 atom stereocenters. The number of phenols is 1. The molecule has 3 aromatic carbocycles. The molecule has 8 nitrogen and oxygen atoms in total. The summed E-state index contributed by atoms with van der Waals surface area (Å²) < 4.78 is 11.0. The van der Waals surface area contributed by atoms with E-state index in [-0.39, 0.29) is 40.0 Å². The van der Waals surface area contributed by atoms with Gasteiger partial charge in [-0.3, -0.25) is 24.1 Å². The molecule has 0 aromatic heterocycles.